The molecule has 0 aliphatic carbocycles. The van der Waals surface area contributed by atoms with Gasteiger partial charge in [-0.25, -0.2) is 4.79 Å². The highest BCUT2D eigenvalue weighted by atomic mass is 16.4. The van der Waals surface area contributed by atoms with Gasteiger partial charge in [-0.2, -0.15) is 0 Å². The Hall–Kier alpha value is -2.28. The van der Waals surface area contributed by atoms with Crippen LogP contribution < -0.4 is 0 Å². The fourth-order valence-electron chi connectivity index (χ4n) is 15.9. The van der Waals surface area contributed by atoms with Gasteiger partial charge >= 0.3 is 23.9 Å². The van der Waals surface area contributed by atoms with Gasteiger partial charge in [-0.1, -0.05) is 44.9 Å². The Morgan fingerprint density at radius 1 is 0.414 bits per heavy atom. The zero-order chi connectivity index (χ0) is 53.7. The molecule has 4 N–H and O–H groups in total. The Bertz CT molecular complexity index is 1650. The predicted octanol–water partition coefficient (Wildman–Crippen LogP) is 13.3. The minimum absolute atomic E-state index is 0.0370. The van der Waals surface area contributed by atoms with Crippen molar-refractivity contribution >= 4 is 23.9 Å². The zero-order valence-corrected chi connectivity index (χ0v) is 48.3. The average Bonchev–Trinajstić information content (AvgIpc) is 3.19. The van der Waals surface area contributed by atoms with E-state index in [0.717, 1.165) is 116 Å². The molecular weight excluding hydrogens is 881 g/mol. The van der Waals surface area contributed by atoms with E-state index in [9.17, 15) is 29.4 Å². The summed E-state index contributed by atoms with van der Waals surface area (Å²) >= 11 is 0. The number of carboxylic acids is 4. The van der Waals surface area contributed by atoms with Crippen LogP contribution in [0.25, 0.3) is 0 Å². The van der Waals surface area contributed by atoms with Crippen molar-refractivity contribution < 1.29 is 39.6 Å². The topological polar surface area (TPSA) is 162 Å². The van der Waals surface area contributed by atoms with Crippen LogP contribution in [0, 0.1) is 17.3 Å². The summed E-state index contributed by atoms with van der Waals surface area (Å²) in [5, 5.41) is 40.2. The number of aliphatic carboxylic acids is 4. The second-order valence-electron chi connectivity index (χ2n) is 27.7. The van der Waals surface area contributed by atoms with Crippen LogP contribution in [0.15, 0.2) is 0 Å². The summed E-state index contributed by atoms with van der Waals surface area (Å²) in [4.78, 5) is 58.7. The van der Waals surface area contributed by atoms with Gasteiger partial charge in [0.05, 0.1) is 5.41 Å². The summed E-state index contributed by atoms with van der Waals surface area (Å²) in [6.07, 6.45) is 20.4. The molecule has 0 radical (unpaired) electrons. The minimum Gasteiger partial charge on any atom is -0.481 e. The molecule has 4 fully saturated rings. The molecule has 4 aliphatic rings. The third-order valence-corrected chi connectivity index (χ3v) is 19.5. The van der Waals surface area contributed by atoms with Crippen molar-refractivity contribution in [1.82, 2.24) is 19.6 Å². The molecule has 0 amide bonds. The normalized spacial score (nSPS) is 27.1. The summed E-state index contributed by atoms with van der Waals surface area (Å²) in [7, 11) is 4.37. The molecule has 4 aliphatic heterocycles. The van der Waals surface area contributed by atoms with Crippen molar-refractivity contribution in [3.8, 4) is 0 Å². The predicted molar refractivity (Wildman–Crippen MR) is 285 cm³/mol. The van der Waals surface area contributed by atoms with Gasteiger partial charge in [0.2, 0.25) is 0 Å². The molecule has 0 aromatic rings. The maximum Gasteiger partial charge on any atom is 0.339 e. The van der Waals surface area contributed by atoms with Gasteiger partial charge in [0.25, 0.3) is 0 Å². The van der Waals surface area contributed by atoms with Crippen molar-refractivity contribution in [3.63, 3.8) is 0 Å². The van der Waals surface area contributed by atoms with Crippen molar-refractivity contribution in [1.29, 1.82) is 0 Å². The summed E-state index contributed by atoms with van der Waals surface area (Å²) in [6, 6.07) is 0. The smallest absolute Gasteiger partial charge is 0.339 e. The lowest BCUT2D eigenvalue weighted by atomic mass is 9.49. The highest BCUT2D eigenvalue weighted by Gasteiger charge is 2.66. The number of likely N-dealkylation sites (tertiary alicyclic amines) is 4. The zero-order valence-electron chi connectivity index (χ0n) is 48.3. The third-order valence-electron chi connectivity index (χ3n) is 19.5. The number of piperidine rings is 4. The van der Waals surface area contributed by atoms with Crippen molar-refractivity contribution in [2.75, 3.05) is 14.1 Å². The number of carboxylic acid groups (broad SMARTS) is 4. The number of unbranched alkanes of at least 4 members (excludes halogenated alkanes) is 8. The molecule has 12 heteroatoms. The number of rotatable bonds is 22. The monoisotopic (exact) mass is 989 g/mol. The van der Waals surface area contributed by atoms with Gasteiger partial charge in [0, 0.05) is 57.2 Å². The largest absolute Gasteiger partial charge is 0.481 e. The first-order valence-corrected chi connectivity index (χ1v) is 27.8. The summed E-state index contributed by atoms with van der Waals surface area (Å²) in [5.74, 6) is -2.72. The van der Waals surface area contributed by atoms with Crippen molar-refractivity contribution in [3.05, 3.63) is 0 Å². The van der Waals surface area contributed by atoms with E-state index in [2.05, 4.69) is 144 Å². The molecule has 12 nitrogen and oxygen atoms in total. The standard InChI is InChI=1S/C30H56N2O4.C28H52N2O4/c1-26(2)20-17-22(28(5,6)31(26)9)30(25(35)36,19-15-13-11-12-14-16-24(33)34)23-18-21-27(3,4)32(10)29(23,7)8;1-24(2)17-14-18-25(3,4)29(24)28(23(33)34,21-13-11-9-10-12-16-22(31)32)30-26(5,6)19-15-20-27(30,7)8/h22-23H,11-21H2,1-10H3,(H,33,34)(H,35,36);9-21H2,1-8H3,(H,31,32)(H,33,34). The molecule has 0 spiro atoms. The summed E-state index contributed by atoms with van der Waals surface area (Å²) in [6.45, 7) is 36.1. The van der Waals surface area contributed by atoms with Gasteiger partial charge in [0.15, 0.2) is 5.66 Å². The Morgan fingerprint density at radius 3 is 1.01 bits per heavy atom. The molecule has 4 rings (SSSR count). The first-order chi connectivity index (χ1) is 31.9. The molecule has 0 aromatic carbocycles. The molecule has 4 heterocycles. The number of carbonyl (C=O) groups is 4. The SMILES string of the molecule is CC1(C)CCCC(C)(C)N1C(CCCCCCCC(=O)O)(C(=O)O)N1C(C)(C)CCCC1(C)C.CN1C(C)(C)CCC(C(CCCCCCCC(=O)O)(C(=O)O)C2CCC(C)(C)N(C)C2(C)C)C1(C)C. The van der Waals surface area contributed by atoms with Crippen LogP contribution in [0.2, 0.25) is 0 Å². The minimum atomic E-state index is -1.10. The van der Waals surface area contributed by atoms with E-state index in [4.69, 9.17) is 10.2 Å². The van der Waals surface area contributed by atoms with Gasteiger partial charge in [0.1, 0.15) is 0 Å². The van der Waals surface area contributed by atoms with E-state index < -0.39 is 35.0 Å². The lowest BCUT2D eigenvalue weighted by Crippen LogP contribution is -2.82. The number of hydrogen-bond acceptors (Lipinski definition) is 8. The van der Waals surface area contributed by atoms with Gasteiger partial charge < -0.3 is 20.4 Å². The van der Waals surface area contributed by atoms with Crippen LogP contribution in [0.3, 0.4) is 0 Å². The molecule has 0 aromatic heterocycles. The molecule has 4 saturated heterocycles. The summed E-state index contributed by atoms with van der Waals surface area (Å²) < 4.78 is 0. The first kappa shape index (κ1) is 62.0. The highest BCUT2D eigenvalue weighted by molar-refractivity contribution is 5.79. The third kappa shape index (κ3) is 13.3. The molecule has 0 bridgehead atoms. The van der Waals surface area contributed by atoms with Crippen molar-refractivity contribution in [2.45, 2.75) is 315 Å². The van der Waals surface area contributed by atoms with Crippen LogP contribution in [0.5, 0.6) is 0 Å². The number of nitrogens with zero attached hydrogens (tertiary/aromatic N) is 4. The molecule has 70 heavy (non-hydrogen) atoms. The maximum absolute atomic E-state index is 13.7. The van der Waals surface area contributed by atoms with Crippen LogP contribution in [-0.2, 0) is 19.2 Å². The molecule has 408 valence electrons. The van der Waals surface area contributed by atoms with Crippen LogP contribution in [0.4, 0.5) is 0 Å². The first-order valence-electron chi connectivity index (χ1n) is 27.8. The van der Waals surface area contributed by atoms with Crippen LogP contribution in [-0.4, -0.2) is 128 Å². The van der Waals surface area contributed by atoms with E-state index >= 15 is 0 Å². The molecule has 2 atom stereocenters. The van der Waals surface area contributed by atoms with E-state index in [1.807, 2.05) is 0 Å². The van der Waals surface area contributed by atoms with Crippen LogP contribution in [0.1, 0.15) is 265 Å². The molecular formula is C58H108N4O8. The number of hydrogen-bond donors (Lipinski definition) is 4. The lowest BCUT2D eigenvalue weighted by molar-refractivity contribution is -0.246. The average molecular weight is 990 g/mol. The fourth-order valence-corrected chi connectivity index (χ4v) is 15.9. The Balaban J connectivity index is 0.000000371. The van der Waals surface area contributed by atoms with E-state index in [0.29, 0.717) is 25.7 Å². The second-order valence-corrected chi connectivity index (χ2v) is 27.7. The van der Waals surface area contributed by atoms with E-state index in [-0.39, 0.29) is 69.0 Å². The van der Waals surface area contributed by atoms with Gasteiger partial charge in [-0.05, 0) is 233 Å². The maximum atomic E-state index is 13.7. The Kier molecular flexibility index (Phi) is 20.5. The Morgan fingerprint density at radius 2 is 0.714 bits per heavy atom. The van der Waals surface area contributed by atoms with Gasteiger partial charge in [-0.15, -0.1) is 0 Å². The summed E-state index contributed by atoms with van der Waals surface area (Å²) in [5.41, 5.74) is -3.25. The lowest BCUT2D eigenvalue weighted by Gasteiger charge is -2.68. The molecule has 2 unspecified atom stereocenters. The second kappa shape index (κ2) is 23.1. The van der Waals surface area contributed by atoms with Gasteiger partial charge in [-0.3, -0.25) is 34.0 Å². The Labute approximate surface area is 427 Å². The van der Waals surface area contributed by atoms with E-state index in [1.54, 1.807) is 0 Å². The molecule has 0 saturated carbocycles. The fraction of sp³-hybridized carbons (Fsp3) is 0.931. The van der Waals surface area contributed by atoms with Crippen LogP contribution >= 0.6 is 0 Å². The highest BCUT2D eigenvalue weighted by Crippen LogP contribution is 2.60. The van der Waals surface area contributed by atoms with E-state index in [1.165, 1.54) is 0 Å². The quantitative estimate of drug-likeness (QED) is 0.0761. The van der Waals surface area contributed by atoms with Crippen molar-refractivity contribution in [2.24, 2.45) is 17.3 Å².